The molecule has 1 heterocycles. The minimum atomic E-state index is -0.347. The monoisotopic (exact) mass is 261 g/mol. The van der Waals surface area contributed by atoms with Crippen molar-refractivity contribution in [1.29, 1.82) is 0 Å². The molecule has 0 bridgehead atoms. The molecule has 19 heavy (non-hydrogen) atoms. The Morgan fingerprint density at radius 2 is 2.11 bits per heavy atom. The lowest BCUT2D eigenvalue weighted by Gasteiger charge is -2.42. The van der Waals surface area contributed by atoms with Gasteiger partial charge in [0.15, 0.2) is 0 Å². The van der Waals surface area contributed by atoms with E-state index >= 15 is 0 Å². The van der Waals surface area contributed by atoms with Gasteiger partial charge in [-0.05, 0) is 43.4 Å². The number of fused-ring (bicyclic) bond motifs is 1. The van der Waals surface area contributed by atoms with Gasteiger partial charge in [-0.1, -0.05) is 24.3 Å². The predicted molar refractivity (Wildman–Crippen MR) is 75.1 cm³/mol. The quantitative estimate of drug-likeness (QED) is 0.885. The molecule has 1 aromatic rings. The summed E-state index contributed by atoms with van der Waals surface area (Å²) < 4.78 is 5.49. The van der Waals surface area contributed by atoms with E-state index in [9.17, 15) is 5.11 Å². The third-order valence-corrected chi connectivity index (χ3v) is 4.66. The zero-order chi connectivity index (χ0) is 13.2. The SMILES string of the molecule is COC1CCCN(C2CCc3ccccc3C2O)C1. The number of nitrogens with zero attached hydrogens (tertiary/aromatic N) is 1. The maximum absolute atomic E-state index is 10.6. The highest BCUT2D eigenvalue weighted by molar-refractivity contribution is 5.32. The molecule has 0 radical (unpaired) electrons. The second-order valence-corrected chi connectivity index (χ2v) is 5.74. The van der Waals surface area contributed by atoms with Gasteiger partial charge in [0.05, 0.1) is 12.2 Å². The Bertz CT molecular complexity index is 435. The minimum Gasteiger partial charge on any atom is -0.387 e. The molecule has 1 aliphatic heterocycles. The Hall–Kier alpha value is -0.900. The van der Waals surface area contributed by atoms with Crippen LogP contribution in [0.3, 0.4) is 0 Å². The van der Waals surface area contributed by atoms with E-state index in [1.54, 1.807) is 7.11 Å². The summed E-state index contributed by atoms with van der Waals surface area (Å²) in [6, 6.07) is 8.56. The van der Waals surface area contributed by atoms with Gasteiger partial charge < -0.3 is 9.84 Å². The Morgan fingerprint density at radius 3 is 2.95 bits per heavy atom. The van der Waals surface area contributed by atoms with Crippen molar-refractivity contribution < 1.29 is 9.84 Å². The molecule has 1 N–H and O–H groups in total. The first-order valence-corrected chi connectivity index (χ1v) is 7.32. The third kappa shape index (κ3) is 2.55. The zero-order valence-corrected chi connectivity index (χ0v) is 11.6. The predicted octanol–water partition coefficient (Wildman–Crippen LogP) is 2.15. The van der Waals surface area contributed by atoms with Crippen LogP contribution in [0.5, 0.6) is 0 Å². The van der Waals surface area contributed by atoms with Gasteiger partial charge in [0, 0.05) is 19.7 Å². The molecule has 0 saturated carbocycles. The highest BCUT2D eigenvalue weighted by atomic mass is 16.5. The van der Waals surface area contributed by atoms with E-state index in [-0.39, 0.29) is 12.1 Å². The molecule has 1 fully saturated rings. The standard InChI is InChI=1S/C16H23NO2/c1-19-13-6-4-10-17(11-13)15-9-8-12-5-2-3-7-14(12)16(15)18/h2-3,5,7,13,15-16,18H,4,6,8-11H2,1H3. The highest BCUT2D eigenvalue weighted by Crippen LogP contribution is 2.34. The first-order valence-electron chi connectivity index (χ1n) is 7.32. The van der Waals surface area contributed by atoms with Crippen LogP contribution >= 0.6 is 0 Å². The van der Waals surface area contributed by atoms with Crippen LogP contribution in [0.15, 0.2) is 24.3 Å². The number of ether oxygens (including phenoxy) is 1. The lowest BCUT2D eigenvalue weighted by molar-refractivity contribution is -0.0260. The highest BCUT2D eigenvalue weighted by Gasteiger charge is 2.34. The molecule has 3 unspecified atom stereocenters. The number of aliphatic hydroxyl groups excluding tert-OH is 1. The summed E-state index contributed by atoms with van der Waals surface area (Å²) >= 11 is 0. The van der Waals surface area contributed by atoms with Crippen LogP contribution in [0, 0.1) is 0 Å². The molecule has 0 spiro atoms. The van der Waals surface area contributed by atoms with E-state index in [0.29, 0.717) is 6.10 Å². The molecule has 1 saturated heterocycles. The number of hydrogen-bond donors (Lipinski definition) is 1. The normalized spacial score (nSPS) is 32.0. The molecule has 0 aromatic heterocycles. The number of aliphatic hydroxyl groups is 1. The largest absolute Gasteiger partial charge is 0.387 e. The Kier molecular flexibility index (Phi) is 3.87. The second-order valence-electron chi connectivity index (χ2n) is 5.74. The van der Waals surface area contributed by atoms with E-state index < -0.39 is 0 Å². The fourth-order valence-electron chi connectivity index (χ4n) is 3.56. The number of methoxy groups -OCH3 is 1. The second kappa shape index (κ2) is 5.61. The molecule has 104 valence electrons. The number of piperidine rings is 1. The van der Waals surface area contributed by atoms with Crippen LogP contribution in [-0.4, -0.2) is 42.4 Å². The van der Waals surface area contributed by atoms with Crippen molar-refractivity contribution in [1.82, 2.24) is 4.90 Å². The van der Waals surface area contributed by atoms with Gasteiger partial charge in [0.2, 0.25) is 0 Å². The number of aryl methyl sites for hydroxylation is 1. The Labute approximate surface area is 115 Å². The molecular formula is C16H23NO2. The number of benzene rings is 1. The average molecular weight is 261 g/mol. The Morgan fingerprint density at radius 1 is 1.26 bits per heavy atom. The fraction of sp³-hybridized carbons (Fsp3) is 0.625. The van der Waals surface area contributed by atoms with Crippen molar-refractivity contribution in [2.75, 3.05) is 20.2 Å². The molecule has 2 aliphatic rings. The molecule has 3 nitrogen and oxygen atoms in total. The number of hydrogen-bond acceptors (Lipinski definition) is 3. The topological polar surface area (TPSA) is 32.7 Å². The lowest BCUT2D eigenvalue weighted by atomic mass is 9.84. The van der Waals surface area contributed by atoms with Gasteiger partial charge in [0.25, 0.3) is 0 Å². The summed E-state index contributed by atoms with van der Waals surface area (Å²) in [5, 5.41) is 10.6. The number of rotatable bonds is 2. The summed E-state index contributed by atoms with van der Waals surface area (Å²) in [5.74, 6) is 0. The van der Waals surface area contributed by atoms with Crippen LogP contribution in [0.1, 0.15) is 36.5 Å². The minimum absolute atomic E-state index is 0.257. The maximum Gasteiger partial charge on any atom is 0.0947 e. The van der Waals surface area contributed by atoms with Gasteiger partial charge in [-0.25, -0.2) is 0 Å². The third-order valence-electron chi connectivity index (χ3n) is 4.66. The van der Waals surface area contributed by atoms with Crippen molar-refractivity contribution in [3.63, 3.8) is 0 Å². The molecule has 1 aliphatic carbocycles. The van der Waals surface area contributed by atoms with Crippen LogP contribution in [0.25, 0.3) is 0 Å². The maximum atomic E-state index is 10.6. The van der Waals surface area contributed by atoms with Crippen LogP contribution < -0.4 is 0 Å². The van der Waals surface area contributed by atoms with Crippen molar-refractivity contribution in [2.45, 2.75) is 43.9 Å². The van der Waals surface area contributed by atoms with Crippen molar-refractivity contribution in [3.05, 3.63) is 35.4 Å². The van der Waals surface area contributed by atoms with Crippen LogP contribution in [0.2, 0.25) is 0 Å². The average Bonchev–Trinajstić information content (AvgIpc) is 2.48. The van der Waals surface area contributed by atoms with Gasteiger partial charge >= 0.3 is 0 Å². The van der Waals surface area contributed by atoms with E-state index in [0.717, 1.165) is 37.9 Å². The van der Waals surface area contributed by atoms with Gasteiger partial charge in [-0.2, -0.15) is 0 Å². The lowest BCUT2D eigenvalue weighted by Crippen LogP contribution is -2.49. The molecule has 3 rings (SSSR count). The van der Waals surface area contributed by atoms with Gasteiger partial charge in [-0.3, -0.25) is 4.90 Å². The Balaban J connectivity index is 1.76. The first kappa shape index (κ1) is 13.1. The smallest absolute Gasteiger partial charge is 0.0947 e. The van der Waals surface area contributed by atoms with E-state index in [4.69, 9.17) is 4.74 Å². The van der Waals surface area contributed by atoms with Gasteiger partial charge in [-0.15, -0.1) is 0 Å². The summed E-state index contributed by atoms with van der Waals surface area (Å²) in [5.41, 5.74) is 2.44. The van der Waals surface area contributed by atoms with Crippen molar-refractivity contribution in [3.8, 4) is 0 Å². The first-order chi connectivity index (χ1) is 9.29. The van der Waals surface area contributed by atoms with Crippen molar-refractivity contribution in [2.24, 2.45) is 0 Å². The molecule has 3 atom stereocenters. The van der Waals surface area contributed by atoms with E-state index in [1.165, 1.54) is 12.0 Å². The van der Waals surface area contributed by atoms with E-state index in [2.05, 4.69) is 23.1 Å². The van der Waals surface area contributed by atoms with Crippen LogP contribution in [-0.2, 0) is 11.2 Å². The molecular weight excluding hydrogens is 238 g/mol. The summed E-state index contributed by atoms with van der Waals surface area (Å²) in [6.07, 6.45) is 4.43. The van der Waals surface area contributed by atoms with Crippen molar-refractivity contribution >= 4 is 0 Å². The zero-order valence-electron chi connectivity index (χ0n) is 11.6. The molecule has 1 aromatic carbocycles. The number of likely N-dealkylation sites (tertiary alicyclic amines) is 1. The molecule has 3 heteroatoms. The van der Waals surface area contributed by atoms with Crippen LogP contribution in [0.4, 0.5) is 0 Å². The fourth-order valence-corrected chi connectivity index (χ4v) is 3.56. The summed E-state index contributed by atoms with van der Waals surface area (Å²) in [6.45, 7) is 2.05. The van der Waals surface area contributed by atoms with Gasteiger partial charge in [0.1, 0.15) is 0 Å². The summed E-state index contributed by atoms with van der Waals surface area (Å²) in [7, 11) is 1.79. The summed E-state index contributed by atoms with van der Waals surface area (Å²) in [4.78, 5) is 2.43. The molecule has 0 amide bonds. The van der Waals surface area contributed by atoms with E-state index in [1.807, 2.05) is 6.07 Å².